The van der Waals surface area contributed by atoms with Crippen LogP contribution in [-0.4, -0.2) is 46.1 Å². The summed E-state index contributed by atoms with van der Waals surface area (Å²) in [7, 11) is -1.97. The topological polar surface area (TPSA) is 71.8 Å². The van der Waals surface area contributed by atoms with E-state index in [-0.39, 0.29) is 4.90 Å². The zero-order valence-corrected chi connectivity index (χ0v) is 13.4. The lowest BCUT2D eigenvalue weighted by atomic mass is 10.4. The largest absolute Gasteiger partial charge is 0.464 e. The molecule has 1 heterocycles. The molecule has 0 aliphatic carbocycles. The van der Waals surface area contributed by atoms with Crippen molar-refractivity contribution in [2.24, 2.45) is 0 Å². The molecule has 0 fully saturated rings. The van der Waals surface area contributed by atoms with Gasteiger partial charge >= 0.3 is 0 Å². The molecule has 1 N–H and O–H groups in total. The van der Waals surface area contributed by atoms with Crippen molar-refractivity contribution in [2.45, 2.75) is 32.2 Å². The van der Waals surface area contributed by atoms with Crippen LogP contribution in [0.5, 0.6) is 0 Å². The molecule has 0 unspecified atom stereocenters. The number of methoxy groups -OCH3 is 1. The highest BCUT2D eigenvalue weighted by Crippen LogP contribution is 2.23. The highest BCUT2D eigenvalue weighted by atomic mass is 32.2. The van der Waals surface area contributed by atoms with E-state index in [4.69, 9.17) is 9.15 Å². The molecule has 0 spiro atoms. The number of hydrogen-bond acceptors (Lipinski definition) is 5. The summed E-state index contributed by atoms with van der Waals surface area (Å²) in [4.78, 5) is 0.239. The van der Waals surface area contributed by atoms with Crippen molar-refractivity contribution in [3.8, 4) is 0 Å². The van der Waals surface area contributed by atoms with E-state index in [1.165, 1.54) is 4.31 Å². The third-order valence-electron chi connectivity index (χ3n) is 2.99. The van der Waals surface area contributed by atoms with Crippen LogP contribution in [0.1, 0.15) is 25.4 Å². The summed E-state index contributed by atoms with van der Waals surface area (Å²) in [5.74, 6) is 1.06. The Morgan fingerprint density at radius 3 is 2.65 bits per heavy atom. The van der Waals surface area contributed by atoms with Crippen molar-refractivity contribution >= 4 is 10.0 Å². The Hall–Kier alpha value is -0.890. The van der Waals surface area contributed by atoms with Gasteiger partial charge in [-0.2, -0.15) is 4.31 Å². The number of hydrogen-bond donors (Lipinski definition) is 1. The number of aryl methyl sites for hydroxylation is 1. The molecule has 0 atom stereocenters. The SMILES string of the molecule is CCNCc1cc(S(=O)(=O)N(CC)CCOC)c(C)o1. The number of nitrogens with one attached hydrogen (secondary N) is 1. The Labute approximate surface area is 121 Å². The molecule has 0 saturated carbocycles. The van der Waals surface area contributed by atoms with Gasteiger partial charge in [0.1, 0.15) is 16.4 Å². The van der Waals surface area contributed by atoms with Crippen LogP contribution in [0.25, 0.3) is 0 Å². The Bertz CT molecular complexity index is 510. The van der Waals surface area contributed by atoms with Gasteiger partial charge in [0.15, 0.2) is 0 Å². The standard InChI is InChI=1S/C13H24N2O4S/c1-5-14-10-12-9-13(11(3)19-12)20(16,17)15(6-2)7-8-18-4/h9,14H,5-8,10H2,1-4H3. The summed E-state index contributed by atoms with van der Waals surface area (Å²) < 4.78 is 37.0. The van der Waals surface area contributed by atoms with Gasteiger partial charge in [0.05, 0.1) is 13.2 Å². The molecule has 1 aromatic rings. The summed E-state index contributed by atoms with van der Waals surface area (Å²) >= 11 is 0. The van der Waals surface area contributed by atoms with Gasteiger partial charge in [-0.15, -0.1) is 0 Å². The van der Waals surface area contributed by atoms with Crippen molar-refractivity contribution in [1.82, 2.24) is 9.62 Å². The molecule has 0 bridgehead atoms. The highest BCUT2D eigenvalue weighted by molar-refractivity contribution is 7.89. The molecular weight excluding hydrogens is 280 g/mol. The Balaban J connectivity index is 2.98. The molecule has 6 nitrogen and oxygen atoms in total. The van der Waals surface area contributed by atoms with Crippen LogP contribution in [-0.2, 0) is 21.3 Å². The summed E-state index contributed by atoms with van der Waals surface area (Å²) in [5.41, 5.74) is 0. The second-order valence-corrected chi connectivity index (χ2v) is 6.31. The van der Waals surface area contributed by atoms with Crippen LogP contribution >= 0.6 is 0 Å². The first-order valence-corrected chi connectivity index (χ1v) is 8.20. The van der Waals surface area contributed by atoms with E-state index in [0.717, 1.165) is 6.54 Å². The minimum absolute atomic E-state index is 0.239. The van der Waals surface area contributed by atoms with E-state index in [0.29, 0.717) is 37.8 Å². The molecule has 1 rings (SSSR count). The normalized spacial score (nSPS) is 12.2. The van der Waals surface area contributed by atoms with E-state index < -0.39 is 10.0 Å². The Morgan fingerprint density at radius 2 is 2.10 bits per heavy atom. The van der Waals surface area contributed by atoms with Gasteiger partial charge in [-0.1, -0.05) is 13.8 Å². The van der Waals surface area contributed by atoms with Crippen molar-refractivity contribution in [1.29, 1.82) is 0 Å². The lowest BCUT2D eigenvalue weighted by Crippen LogP contribution is -2.33. The zero-order valence-electron chi connectivity index (χ0n) is 12.6. The molecule has 116 valence electrons. The minimum Gasteiger partial charge on any atom is -0.464 e. The molecule has 7 heteroatoms. The van der Waals surface area contributed by atoms with Crippen LogP contribution in [0.2, 0.25) is 0 Å². The average molecular weight is 304 g/mol. The predicted octanol–water partition coefficient (Wildman–Crippen LogP) is 1.35. The van der Waals surface area contributed by atoms with Crippen molar-refractivity contribution < 1.29 is 17.6 Å². The second kappa shape index (κ2) is 7.78. The summed E-state index contributed by atoms with van der Waals surface area (Å²) in [6.45, 7) is 7.90. The van der Waals surface area contributed by atoms with Crippen LogP contribution in [0.15, 0.2) is 15.4 Å². The number of ether oxygens (including phenoxy) is 1. The third-order valence-corrected chi connectivity index (χ3v) is 5.07. The van der Waals surface area contributed by atoms with Gasteiger partial charge < -0.3 is 14.5 Å². The molecule has 0 amide bonds. The zero-order chi connectivity index (χ0) is 15.2. The monoisotopic (exact) mass is 304 g/mol. The lowest BCUT2D eigenvalue weighted by Gasteiger charge is -2.19. The van der Waals surface area contributed by atoms with Gasteiger partial charge in [0, 0.05) is 26.3 Å². The minimum atomic E-state index is -3.53. The molecular formula is C13H24N2O4S. The predicted molar refractivity (Wildman–Crippen MR) is 77.1 cm³/mol. The maximum atomic E-state index is 12.6. The van der Waals surface area contributed by atoms with E-state index in [9.17, 15) is 8.42 Å². The first-order valence-electron chi connectivity index (χ1n) is 6.76. The van der Waals surface area contributed by atoms with Crippen molar-refractivity contribution in [3.63, 3.8) is 0 Å². The van der Waals surface area contributed by atoms with E-state index in [1.807, 2.05) is 13.8 Å². The second-order valence-electron chi connectivity index (χ2n) is 4.40. The highest BCUT2D eigenvalue weighted by Gasteiger charge is 2.27. The van der Waals surface area contributed by atoms with Crippen LogP contribution in [0.3, 0.4) is 0 Å². The third kappa shape index (κ3) is 4.05. The lowest BCUT2D eigenvalue weighted by molar-refractivity contribution is 0.180. The fourth-order valence-corrected chi connectivity index (χ4v) is 3.51. The van der Waals surface area contributed by atoms with E-state index in [1.54, 1.807) is 20.1 Å². The quantitative estimate of drug-likeness (QED) is 0.746. The first-order chi connectivity index (χ1) is 9.47. The molecule has 0 saturated heterocycles. The molecule has 0 aromatic carbocycles. The van der Waals surface area contributed by atoms with Crippen LogP contribution < -0.4 is 5.32 Å². The van der Waals surface area contributed by atoms with Crippen LogP contribution in [0, 0.1) is 6.92 Å². The van der Waals surface area contributed by atoms with Crippen LogP contribution in [0.4, 0.5) is 0 Å². The van der Waals surface area contributed by atoms with E-state index in [2.05, 4.69) is 5.32 Å². The van der Waals surface area contributed by atoms with Gasteiger partial charge in [0.2, 0.25) is 10.0 Å². The average Bonchev–Trinajstić information content (AvgIpc) is 2.79. The van der Waals surface area contributed by atoms with Gasteiger partial charge in [0.25, 0.3) is 0 Å². The number of furan rings is 1. The smallest absolute Gasteiger partial charge is 0.246 e. The maximum Gasteiger partial charge on any atom is 0.246 e. The Morgan fingerprint density at radius 1 is 1.40 bits per heavy atom. The van der Waals surface area contributed by atoms with Gasteiger partial charge in [-0.3, -0.25) is 0 Å². The molecule has 20 heavy (non-hydrogen) atoms. The molecule has 0 radical (unpaired) electrons. The number of nitrogens with zero attached hydrogens (tertiary/aromatic N) is 1. The number of sulfonamides is 1. The molecule has 1 aromatic heterocycles. The van der Waals surface area contributed by atoms with Crippen molar-refractivity contribution in [2.75, 3.05) is 33.4 Å². The summed E-state index contributed by atoms with van der Waals surface area (Å²) in [5, 5.41) is 3.11. The molecule has 0 aliphatic heterocycles. The summed E-state index contributed by atoms with van der Waals surface area (Å²) in [6.07, 6.45) is 0. The van der Waals surface area contributed by atoms with Crippen molar-refractivity contribution in [3.05, 3.63) is 17.6 Å². The fraction of sp³-hybridized carbons (Fsp3) is 0.692. The first kappa shape index (κ1) is 17.2. The fourth-order valence-electron chi connectivity index (χ4n) is 1.90. The maximum absolute atomic E-state index is 12.6. The van der Waals surface area contributed by atoms with Gasteiger partial charge in [-0.05, 0) is 13.5 Å². The van der Waals surface area contributed by atoms with E-state index >= 15 is 0 Å². The number of likely N-dealkylation sites (N-methyl/N-ethyl adjacent to an activating group) is 1. The number of rotatable bonds is 9. The molecule has 0 aliphatic rings. The van der Waals surface area contributed by atoms with Gasteiger partial charge in [-0.25, -0.2) is 8.42 Å². The Kier molecular flexibility index (Phi) is 6.67. The summed E-state index contributed by atoms with van der Waals surface area (Å²) in [6, 6.07) is 1.60.